The second kappa shape index (κ2) is 6.76. The Kier molecular flexibility index (Phi) is 4.62. The smallest absolute Gasteiger partial charge is 0.262 e. The minimum absolute atomic E-state index is 0.0747. The highest BCUT2D eigenvalue weighted by molar-refractivity contribution is 7.98. The first-order chi connectivity index (χ1) is 12.0. The van der Waals surface area contributed by atoms with Gasteiger partial charge < -0.3 is 4.90 Å². The molecule has 3 aromatic rings. The molecule has 0 saturated heterocycles. The Morgan fingerprint density at radius 3 is 2.80 bits per heavy atom. The Bertz CT molecular complexity index is 994. The lowest BCUT2D eigenvalue weighted by molar-refractivity contribution is 0.318. The minimum atomic E-state index is 0.0747. The molecule has 2 aromatic heterocycles. The highest BCUT2D eigenvalue weighted by Crippen LogP contribution is 2.33. The van der Waals surface area contributed by atoms with E-state index in [9.17, 15) is 4.79 Å². The van der Waals surface area contributed by atoms with E-state index in [1.165, 1.54) is 10.4 Å². The van der Waals surface area contributed by atoms with Crippen LogP contribution in [0, 0.1) is 0 Å². The summed E-state index contributed by atoms with van der Waals surface area (Å²) in [7, 11) is 3.93. The first-order valence-corrected chi connectivity index (χ1v) is 10.3. The number of halogens is 1. The van der Waals surface area contributed by atoms with Crippen molar-refractivity contribution in [3.63, 3.8) is 0 Å². The second-order valence-corrected chi connectivity index (χ2v) is 8.81. The predicted octanol–water partition coefficient (Wildman–Crippen LogP) is 3.93. The summed E-state index contributed by atoms with van der Waals surface area (Å²) in [4.78, 5) is 22.2. The van der Waals surface area contributed by atoms with Gasteiger partial charge in [-0.1, -0.05) is 35.5 Å². The SMILES string of the molecule is CN1CCc2c(sc3nc(SCc4ccc(Cl)cc4)n(C)c(=O)c23)C1. The van der Waals surface area contributed by atoms with E-state index in [0.29, 0.717) is 0 Å². The zero-order valence-electron chi connectivity index (χ0n) is 14.1. The average molecular weight is 392 g/mol. The van der Waals surface area contributed by atoms with E-state index in [1.54, 1.807) is 27.7 Å². The van der Waals surface area contributed by atoms with Gasteiger partial charge in [-0.3, -0.25) is 9.36 Å². The van der Waals surface area contributed by atoms with E-state index in [-0.39, 0.29) is 5.56 Å². The van der Waals surface area contributed by atoms with Crippen LogP contribution in [0.2, 0.25) is 5.02 Å². The Labute approximate surface area is 159 Å². The van der Waals surface area contributed by atoms with Crippen molar-refractivity contribution in [1.82, 2.24) is 14.5 Å². The van der Waals surface area contributed by atoms with Crippen molar-refractivity contribution in [2.75, 3.05) is 13.6 Å². The first kappa shape index (κ1) is 17.1. The van der Waals surface area contributed by atoms with Gasteiger partial charge in [0, 0.05) is 35.8 Å². The van der Waals surface area contributed by atoms with Gasteiger partial charge in [-0.05, 0) is 36.7 Å². The molecule has 4 rings (SSSR count). The fourth-order valence-electron chi connectivity index (χ4n) is 3.09. The lowest BCUT2D eigenvalue weighted by atomic mass is 10.1. The van der Waals surface area contributed by atoms with Gasteiger partial charge in [0.25, 0.3) is 5.56 Å². The molecule has 0 bridgehead atoms. The van der Waals surface area contributed by atoms with Crippen LogP contribution in [-0.2, 0) is 25.8 Å². The summed E-state index contributed by atoms with van der Waals surface area (Å²) in [5, 5.41) is 2.32. The molecular weight excluding hydrogens is 374 g/mol. The lowest BCUT2D eigenvalue weighted by Gasteiger charge is -2.21. The molecule has 0 amide bonds. The number of thiophene rings is 1. The van der Waals surface area contributed by atoms with E-state index >= 15 is 0 Å². The maximum Gasteiger partial charge on any atom is 0.262 e. The third kappa shape index (κ3) is 3.24. The molecule has 7 heteroatoms. The summed E-state index contributed by atoms with van der Waals surface area (Å²) < 4.78 is 1.69. The number of hydrogen-bond acceptors (Lipinski definition) is 5. The average Bonchev–Trinajstić information content (AvgIpc) is 2.95. The number of fused-ring (bicyclic) bond motifs is 3. The van der Waals surface area contributed by atoms with E-state index in [2.05, 4.69) is 11.9 Å². The molecule has 130 valence electrons. The first-order valence-electron chi connectivity index (χ1n) is 8.10. The zero-order chi connectivity index (χ0) is 17.6. The molecular formula is C18H18ClN3OS2. The highest BCUT2D eigenvalue weighted by Gasteiger charge is 2.23. The highest BCUT2D eigenvalue weighted by atomic mass is 35.5. The van der Waals surface area contributed by atoms with Crippen LogP contribution in [0.4, 0.5) is 0 Å². The summed E-state index contributed by atoms with van der Waals surface area (Å²) in [6, 6.07) is 7.78. The minimum Gasteiger partial charge on any atom is -0.301 e. The molecule has 0 unspecified atom stereocenters. The maximum absolute atomic E-state index is 12.9. The van der Waals surface area contributed by atoms with Crippen molar-refractivity contribution in [2.45, 2.75) is 23.9 Å². The van der Waals surface area contributed by atoms with Crippen LogP contribution in [0.5, 0.6) is 0 Å². The number of likely N-dealkylation sites (N-methyl/N-ethyl adjacent to an activating group) is 1. The number of rotatable bonds is 3. The lowest BCUT2D eigenvalue weighted by Crippen LogP contribution is -2.26. The molecule has 0 saturated carbocycles. The topological polar surface area (TPSA) is 38.1 Å². The van der Waals surface area contributed by atoms with Gasteiger partial charge in [-0.15, -0.1) is 11.3 Å². The van der Waals surface area contributed by atoms with Crippen molar-refractivity contribution in [2.24, 2.45) is 7.05 Å². The monoisotopic (exact) mass is 391 g/mol. The van der Waals surface area contributed by atoms with Crippen molar-refractivity contribution in [1.29, 1.82) is 0 Å². The van der Waals surface area contributed by atoms with Crippen molar-refractivity contribution >= 4 is 44.9 Å². The van der Waals surface area contributed by atoms with Crippen molar-refractivity contribution in [3.8, 4) is 0 Å². The van der Waals surface area contributed by atoms with Crippen LogP contribution in [0.25, 0.3) is 10.2 Å². The third-order valence-electron chi connectivity index (χ3n) is 4.51. The third-order valence-corrected chi connectivity index (χ3v) is 6.98. The van der Waals surface area contributed by atoms with Crippen LogP contribution in [-0.4, -0.2) is 28.0 Å². The molecule has 0 atom stereocenters. The second-order valence-electron chi connectivity index (χ2n) is 6.35. The van der Waals surface area contributed by atoms with Crippen LogP contribution in [0.15, 0.2) is 34.2 Å². The Morgan fingerprint density at radius 1 is 1.28 bits per heavy atom. The molecule has 0 fully saturated rings. The maximum atomic E-state index is 12.9. The summed E-state index contributed by atoms with van der Waals surface area (Å²) >= 11 is 9.19. The molecule has 25 heavy (non-hydrogen) atoms. The summed E-state index contributed by atoms with van der Waals surface area (Å²) in [6.45, 7) is 1.90. The zero-order valence-corrected chi connectivity index (χ0v) is 16.5. The van der Waals surface area contributed by atoms with Crippen LogP contribution in [0.3, 0.4) is 0 Å². The number of hydrogen-bond donors (Lipinski definition) is 0. The normalized spacial score (nSPS) is 14.8. The van der Waals surface area contributed by atoms with Gasteiger partial charge in [0.2, 0.25) is 0 Å². The van der Waals surface area contributed by atoms with Crippen LogP contribution >= 0.6 is 34.7 Å². The summed E-state index contributed by atoms with van der Waals surface area (Å²) in [5.41, 5.74) is 2.45. The predicted molar refractivity (Wildman–Crippen MR) is 106 cm³/mol. The quantitative estimate of drug-likeness (QED) is 0.501. The summed E-state index contributed by atoms with van der Waals surface area (Å²) in [6.07, 6.45) is 0.931. The standard InChI is InChI=1S/C18H18ClN3OS2/c1-21-8-7-13-14(9-21)25-16-15(13)17(23)22(2)18(20-16)24-10-11-3-5-12(19)6-4-11/h3-6H,7-10H2,1-2H3. The van der Waals surface area contributed by atoms with Gasteiger partial charge in [0.15, 0.2) is 5.16 Å². The molecule has 1 aliphatic rings. The molecule has 0 radical (unpaired) electrons. The van der Waals surface area contributed by atoms with E-state index in [4.69, 9.17) is 16.6 Å². The van der Waals surface area contributed by atoms with E-state index in [0.717, 1.165) is 51.2 Å². The molecule has 0 N–H and O–H groups in total. The molecule has 1 aromatic carbocycles. The van der Waals surface area contributed by atoms with E-state index < -0.39 is 0 Å². The Balaban J connectivity index is 1.69. The molecule has 0 spiro atoms. The molecule has 4 nitrogen and oxygen atoms in total. The van der Waals surface area contributed by atoms with Gasteiger partial charge >= 0.3 is 0 Å². The van der Waals surface area contributed by atoms with Crippen LogP contribution in [0.1, 0.15) is 16.0 Å². The van der Waals surface area contributed by atoms with Crippen LogP contribution < -0.4 is 5.56 Å². The molecule has 0 aliphatic carbocycles. The van der Waals surface area contributed by atoms with Crippen molar-refractivity contribution in [3.05, 3.63) is 55.6 Å². The number of aromatic nitrogens is 2. The van der Waals surface area contributed by atoms with Crippen molar-refractivity contribution < 1.29 is 0 Å². The molecule has 3 heterocycles. The van der Waals surface area contributed by atoms with Gasteiger partial charge in [0.1, 0.15) is 4.83 Å². The molecule has 1 aliphatic heterocycles. The van der Waals surface area contributed by atoms with Gasteiger partial charge in [-0.2, -0.15) is 0 Å². The Hall–Kier alpha value is -1.34. The van der Waals surface area contributed by atoms with Gasteiger partial charge in [-0.25, -0.2) is 4.98 Å². The number of nitrogens with zero attached hydrogens (tertiary/aromatic N) is 3. The number of thioether (sulfide) groups is 1. The van der Waals surface area contributed by atoms with E-state index in [1.807, 2.05) is 31.3 Å². The summed E-state index contributed by atoms with van der Waals surface area (Å²) in [5.74, 6) is 0.761. The fraction of sp³-hybridized carbons (Fsp3) is 0.333. The number of benzene rings is 1. The van der Waals surface area contributed by atoms with Gasteiger partial charge in [0.05, 0.1) is 5.39 Å². The fourth-order valence-corrected chi connectivity index (χ4v) is 5.48. The Morgan fingerprint density at radius 2 is 2.04 bits per heavy atom. The largest absolute Gasteiger partial charge is 0.301 e.